The summed E-state index contributed by atoms with van der Waals surface area (Å²) in [6.07, 6.45) is -0.00579. The molecule has 0 aromatic carbocycles. The average Bonchev–Trinajstić information content (AvgIpc) is 2.36. The van der Waals surface area contributed by atoms with E-state index < -0.39 is 12.1 Å². The third-order valence-corrected chi connectivity index (χ3v) is 2.95. The Hall–Kier alpha value is -0.250. The number of aliphatic carboxylic acids is 1. The molecule has 58 valence electrons. The number of hydrogen-bond acceptors (Lipinski definition) is 2. The maximum atomic E-state index is 12.6. The summed E-state index contributed by atoms with van der Waals surface area (Å²) < 4.78 is 12.6. The summed E-state index contributed by atoms with van der Waals surface area (Å²) in [4.78, 5) is 10.1. The molecule has 10 heavy (non-hydrogen) atoms. The van der Waals surface area contributed by atoms with Crippen molar-refractivity contribution in [1.82, 2.24) is 0 Å². The quantitative estimate of drug-likeness (QED) is 0.668. The summed E-state index contributed by atoms with van der Waals surface area (Å²) in [7, 11) is 0. The minimum atomic E-state index is -1.66. The first-order valence-electron chi connectivity index (χ1n) is 3.20. The Balaban J connectivity index is 2.39. The predicted molar refractivity (Wildman–Crippen MR) is 38.0 cm³/mol. The maximum absolute atomic E-state index is 12.6. The fourth-order valence-electron chi connectivity index (χ4n) is 0.992. The standard InChI is InChI=1S/C6H9FO2S/c7-5(6(8)9)4-2-1-3-10-4/h4-5H,1-3H2,(H,8,9). The van der Waals surface area contributed by atoms with Crippen molar-refractivity contribution in [2.24, 2.45) is 0 Å². The molecule has 0 aromatic rings. The fraction of sp³-hybridized carbons (Fsp3) is 0.833. The van der Waals surface area contributed by atoms with Crippen LogP contribution in [0, 0.1) is 0 Å². The molecule has 1 N–H and O–H groups in total. The molecular weight excluding hydrogens is 155 g/mol. The first kappa shape index (κ1) is 7.85. The molecule has 2 nitrogen and oxygen atoms in total. The van der Waals surface area contributed by atoms with E-state index in [1.54, 1.807) is 0 Å². The van der Waals surface area contributed by atoms with E-state index in [9.17, 15) is 9.18 Å². The summed E-state index contributed by atoms with van der Waals surface area (Å²) in [6.45, 7) is 0. The SMILES string of the molecule is O=C(O)C(F)C1CCCS1. The monoisotopic (exact) mass is 164 g/mol. The van der Waals surface area contributed by atoms with Crippen LogP contribution in [-0.4, -0.2) is 28.3 Å². The maximum Gasteiger partial charge on any atom is 0.339 e. The number of carboxylic acids is 1. The summed E-state index contributed by atoms with van der Waals surface area (Å²) in [5, 5.41) is 7.96. The van der Waals surface area contributed by atoms with Crippen molar-refractivity contribution < 1.29 is 14.3 Å². The van der Waals surface area contributed by atoms with Crippen molar-refractivity contribution in [1.29, 1.82) is 0 Å². The van der Waals surface area contributed by atoms with Gasteiger partial charge in [0.2, 0.25) is 6.17 Å². The van der Waals surface area contributed by atoms with E-state index in [0.29, 0.717) is 6.42 Å². The normalized spacial score (nSPS) is 28.3. The first-order chi connectivity index (χ1) is 4.72. The van der Waals surface area contributed by atoms with E-state index >= 15 is 0 Å². The molecule has 1 rings (SSSR count). The third kappa shape index (κ3) is 1.62. The number of rotatable bonds is 2. The largest absolute Gasteiger partial charge is 0.479 e. The van der Waals surface area contributed by atoms with Gasteiger partial charge in [0.1, 0.15) is 0 Å². The zero-order chi connectivity index (χ0) is 7.56. The Morgan fingerprint density at radius 3 is 2.90 bits per heavy atom. The van der Waals surface area contributed by atoms with Crippen molar-refractivity contribution in [3.8, 4) is 0 Å². The number of thioether (sulfide) groups is 1. The Labute approximate surface area is 62.8 Å². The second kappa shape index (κ2) is 3.23. The highest BCUT2D eigenvalue weighted by molar-refractivity contribution is 8.00. The van der Waals surface area contributed by atoms with Crippen LogP contribution in [-0.2, 0) is 4.79 Å². The van der Waals surface area contributed by atoms with Crippen molar-refractivity contribution in [3.05, 3.63) is 0 Å². The molecule has 1 fully saturated rings. The second-order valence-corrected chi connectivity index (χ2v) is 3.64. The molecule has 4 heteroatoms. The number of alkyl halides is 1. The van der Waals surface area contributed by atoms with Crippen LogP contribution in [0.3, 0.4) is 0 Å². The summed E-state index contributed by atoms with van der Waals surface area (Å²) >= 11 is 1.42. The molecule has 2 unspecified atom stereocenters. The topological polar surface area (TPSA) is 37.3 Å². The van der Waals surface area contributed by atoms with E-state index in [1.807, 2.05) is 0 Å². The van der Waals surface area contributed by atoms with Gasteiger partial charge in [-0.25, -0.2) is 9.18 Å². The molecule has 0 radical (unpaired) electrons. The summed E-state index contributed by atoms with van der Waals surface area (Å²) in [5.74, 6) is -0.419. The Kier molecular flexibility index (Phi) is 2.54. The van der Waals surface area contributed by atoms with Crippen molar-refractivity contribution >= 4 is 17.7 Å². The molecule has 1 saturated heterocycles. The molecule has 1 aliphatic heterocycles. The van der Waals surface area contributed by atoms with E-state index in [1.165, 1.54) is 11.8 Å². The Morgan fingerprint density at radius 1 is 1.80 bits per heavy atom. The average molecular weight is 164 g/mol. The second-order valence-electron chi connectivity index (χ2n) is 2.29. The lowest BCUT2D eigenvalue weighted by molar-refractivity contribution is -0.142. The van der Waals surface area contributed by atoms with Gasteiger partial charge in [-0.05, 0) is 18.6 Å². The van der Waals surface area contributed by atoms with Gasteiger partial charge in [-0.1, -0.05) is 0 Å². The zero-order valence-electron chi connectivity index (χ0n) is 5.42. The van der Waals surface area contributed by atoms with Crippen molar-refractivity contribution in [2.75, 3.05) is 5.75 Å². The van der Waals surface area contributed by atoms with Crippen LogP contribution in [0.15, 0.2) is 0 Å². The molecule has 0 bridgehead atoms. The molecule has 1 heterocycles. The summed E-state index contributed by atoms with van der Waals surface area (Å²) in [5.41, 5.74) is 0. The van der Waals surface area contributed by atoms with Gasteiger partial charge in [-0.2, -0.15) is 11.8 Å². The third-order valence-electron chi connectivity index (χ3n) is 1.53. The first-order valence-corrected chi connectivity index (χ1v) is 4.25. The van der Waals surface area contributed by atoms with Crippen LogP contribution < -0.4 is 0 Å². The molecule has 0 saturated carbocycles. The van der Waals surface area contributed by atoms with Gasteiger partial charge in [0.25, 0.3) is 0 Å². The van der Waals surface area contributed by atoms with Crippen LogP contribution in [0.4, 0.5) is 4.39 Å². The van der Waals surface area contributed by atoms with E-state index in [4.69, 9.17) is 5.11 Å². The number of halogens is 1. The minimum Gasteiger partial charge on any atom is -0.479 e. The van der Waals surface area contributed by atoms with Crippen molar-refractivity contribution in [3.63, 3.8) is 0 Å². The lowest BCUT2D eigenvalue weighted by Crippen LogP contribution is -2.25. The van der Waals surface area contributed by atoms with Crippen molar-refractivity contribution in [2.45, 2.75) is 24.3 Å². The van der Waals surface area contributed by atoms with Gasteiger partial charge in [0, 0.05) is 5.25 Å². The van der Waals surface area contributed by atoms with Crippen LogP contribution in [0.1, 0.15) is 12.8 Å². The molecule has 0 spiro atoms. The molecule has 0 amide bonds. The lowest BCUT2D eigenvalue weighted by atomic mass is 10.2. The Bertz CT molecular complexity index is 134. The minimum absolute atomic E-state index is 0.294. The van der Waals surface area contributed by atoms with Gasteiger partial charge in [0.15, 0.2) is 0 Å². The smallest absolute Gasteiger partial charge is 0.339 e. The Morgan fingerprint density at radius 2 is 2.50 bits per heavy atom. The van der Waals surface area contributed by atoms with Crippen LogP contribution in [0.25, 0.3) is 0 Å². The highest BCUT2D eigenvalue weighted by Gasteiger charge is 2.30. The summed E-state index contributed by atoms with van der Waals surface area (Å²) in [6, 6.07) is 0. The number of hydrogen-bond donors (Lipinski definition) is 1. The van der Waals surface area contributed by atoms with Gasteiger partial charge >= 0.3 is 5.97 Å². The van der Waals surface area contributed by atoms with Crippen LogP contribution in [0.2, 0.25) is 0 Å². The van der Waals surface area contributed by atoms with Crippen LogP contribution in [0.5, 0.6) is 0 Å². The van der Waals surface area contributed by atoms with Gasteiger partial charge in [-0.15, -0.1) is 0 Å². The predicted octanol–water partition coefficient (Wildman–Crippen LogP) is 1.30. The molecule has 1 aliphatic rings. The molecule has 0 aliphatic carbocycles. The number of carboxylic acid groups (broad SMARTS) is 1. The highest BCUT2D eigenvalue weighted by atomic mass is 32.2. The molecular formula is C6H9FO2S. The van der Waals surface area contributed by atoms with E-state index in [-0.39, 0.29) is 5.25 Å². The lowest BCUT2D eigenvalue weighted by Gasteiger charge is -2.08. The highest BCUT2D eigenvalue weighted by Crippen LogP contribution is 2.30. The number of carbonyl (C=O) groups is 1. The fourth-order valence-corrected chi connectivity index (χ4v) is 2.25. The van der Waals surface area contributed by atoms with E-state index in [2.05, 4.69) is 0 Å². The van der Waals surface area contributed by atoms with Gasteiger partial charge in [0.05, 0.1) is 0 Å². The molecule has 0 aromatic heterocycles. The van der Waals surface area contributed by atoms with Gasteiger partial charge < -0.3 is 5.11 Å². The zero-order valence-corrected chi connectivity index (χ0v) is 6.23. The van der Waals surface area contributed by atoms with Gasteiger partial charge in [-0.3, -0.25) is 0 Å². The van der Waals surface area contributed by atoms with E-state index in [0.717, 1.165) is 12.2 Å². The molecule has 2 atom stereocenters. The van der Waals surface area contributed by atoms with Crippen LogP contribution >= 0.6 is 11.8 Å².